The van der Waals surface area contributed by atoms with E-state index in [1.165, 1.54) is 0 Å². The molecular weight excluding hydrogens is 290 g/mol. The Morgan fingerprint density at radius 1 is 1.00 bits per heavy atom. The van der Waals surface area contributed by atoms with Crippen molar-refractivity contribution in [3.05, 3.63) is 35.4 Å². The fourth-order valence-corrected chi connectivity index (χ4v) is 2.83. The maximum absolute atomic E-state index is 12.3. The average molecular weight is 317 g/mol. The van der Waals surface area contributed by atoms with Gasteiger partial charge in [0.15, 0.2) is 5.78 Å². The van der Waals surface area contributed by atoms with Gasteiger partial charge in [-0.1, -0.05) is 29.8 Å². The number of carbonyl (C=O) groups excluding carboxylic acids is 2. The third-order valence-corrected chi connectivity index (χ3v) is 4.42. The summed E-state index contributed by atoms with van der Waals surface area (Å²) in [7, 11) is 0. The third-order valence-electron chi connectivity index (χ3n) is 4.42. The minimum atomic E-state index is 0.111. The molecular formula is C18H27N3O2. The molecule has 5 heteroatoms. The standard InChI is InChI=1S/C18H27N3O2/c1-4-20(5-2)18(23)21-12-10-19(11-13-21)14-17(22)16-8-6-15(3)7-9-16/h6-9H,4-5,10-14H2,1-3H3. The Balaban J connectivity index is 1.83. The zero-order valence-electron chi connectivity index (χ0n) is 14.4. The number of rotatable bonds is 5. The summed E-state index contributed by atoms with van der Waals surface area (Å²) in [4.78, 5) is 30.5. The van der Waals surface area contributed by atoms with E-state index in [1.54, 1.807) is 0 Å². The second kappa shape index (κ2) is 8.11. The number of carbonyl (C=O) groups is 2. The molecule has 0 saturated carbocycles. The van der Waals surface area contributed by atoms with E-state index in [-0.39, 0.29) is 11.8 Å². The summed E-state index contributed by atoms with van der Waals surface area (Å²) in [5, 5.41) is 0. The van der Waals surface area contributed by atoms with Crippen molar-refractivity contribution < 1.29 is 9.59 Å². The predicted octanol–water partition coefficient (Wildman–Crippen LogP) is 2.26. The highest BCUT2D eigenvalue weighted by molar-refractivity contribution is 5.97. The fraction of sp³-hybridized carbons (Fsp3) is 0.556. The molecule has 1 aliphatic rings. The minimum Gasteiger partial charge on any atom is -0.325 e. The Morgan fingerprint density at radius 3 is 2.09 bits per heavy atom. The van der Waals surface area contributed by atoms with E-state index in [2.05, 4.69) is 4.90 Å². The molecule has 0 N–H and O–H groups in total. The van der Waals surface area contributed by atoms with Crippen LogP contribution in [0.2, 0.25) is 0 Å². The molecule has 1 aromatic rings. The van der Waals surface area contributed by atoms with Crippen LogP contribution >= 0.6 is 0 Å². The first-order valence-electron chi connectivity index (χ1n) is 8.41. The van der Waals surface area contributed by atoms with Gasteiger partial charge >= 0.3 is 6.03 Å². The van der Waals surface area contributed by atoms with Crippen LogP contribution in [0.4, 0.5) is 4.79 Å². The molecule has 2 rings (SSSR count). The molecule has 0 aromatic heterocycles. The number of piperazine rings is 1. The Kier molecular flexibility index (Phi) is 6.16. The van der Waals surface area contributed by atoms with Gasteiger partial charge in [0.05, 0.1) is 6.54 Å². The topological polar surface area (TPSA) is 43.9 Å². The average Bonchev–Trinajstić information content (AvgIpc) is 2.57. The summed E-state index contributed by atoms with van der Waals surface area (Å²) >= 11 is 0. The van der Waals surface area contributed by atoms with Crippen LogP contribution in [-0.4, -0.2) is 72.3 Å². The van der Waals surface area contributed by atoms with E-state index in [1.807, 2.05) is 54.8 Å². The van der Waals surface area contributed by atoms with Crippen molar-refractivity contribution in [1.82, 2.24) is 14.7 Å². The number of nitrogens with zero attached hydrogens (tertiary/aromatic N) is 3. The van der Waals surface area contributed by atoms with Crippen LogP contribution in [0.1, 0.15) is 29.8 Å². The predicted molar refractivity (Wildman–Crippen MR) is 91.8 cm³/mol. The van der Waals surface area contributed by atoms with Crippen molar-refractivity contribution in [3.8, 4) is 0 Å². The molecule has 0 atom stereocenters. The minimum absolute atomic E-state index is 0.111. The third kappa shape index (κ3) is 4.55. The Bertz CT molecular complexity index is 530. The first-order valence-corrected chi connectivity index (χ1v) is 8.41. The van der Waals surface area contributed by atoms with Gasteiger partial charge in [-0.25, -0.2) is 4.79 Å². The number of hydrogen-bond acceptors (Lipinski definition) is 3. The van der Waals surface area contributed by atoms with Crippen molar-refractivity contribution in [1.29, 1.82) is 0 Å². The lowest BCUT2D eigenvalue weighted by atomic mass is 10.1. The van der Waals surface area contributed by atoms with Gasteiger partial charge in [0, 0.05) is 44.8 Å². The van der Waals surface area contributed by atoms with Crippen molar-refractivity contribution in [3.63, 3.8) is 0 Å². The molecule has 1 aromatic carbocycles. The highest BCUT2D eigenvalue weighted by Gasteiger charge is 2.24. The monoisotopic (exact) mass is 317 g/mol. The van der Waals surface area contributed by atoms with Gasteiger partial charge in [0.25, 0.3) is 0 Å². The second-order valence-corrected chi connectivity index (χ2v) is 6.01. The fourth-order valence-electron chi connectivity index (χ4n) is 2.83. The normalized spacial score (nSPS) is 15.5. The van der Waals surface area contributed by atoms with Gasteiger partial charge < -0.3 is 9.80 Å². The van der Waals surface area contributed by atoms with Gasteiger partial charge in [-0.05, 0) is 20.8 Å². The quantitative estimate of drug-likeness (QED) is 0.783. The largest absolute Gasteiger partial charge is 0.325 e. The van der Waals surface area contributed by atoms with Crippen molar-refractivity contribution in [2.75, 3.05) is 45.8 Å². The van der Waals surface area contributed by atoms with Gasteiger partial charge in [-0.2, -0.15) is 0 Å². The molecule has 126 valence electrons. The zero-order valence-corrected chi connectivity index (χ0v) is 14.4. The highest BCUT2D eigenvalue weighted by atomic mass is 16.2. The number of ketones is 1. The second-order valence-electron chi connectivity index (χ2n) is 6.01. The lowest BCUT2D eigenvalue weighted by Crippen LogP contribution is -2.53. The maximum Gasteiger partial charge on any atom is 0.320 e. The number of urea groups is 1. The van der Waals surface area contributed by atoms with E-state index < -0.39 is 0 Å². The molecule has 1 aliphatic heterocycles. The van der Waals surface area contributed by atoms with Crippen LogP contribution in [0.15, 0.2) is 24.3 Å². The Hall–Kier alpha value is -1.88. The molecule has 1 saturated heterocycles. The lowest BCUT2D eigenvalue weighted by molar-refractivity contribution is 0.0853. The van der Waals surface area contributed by atoms with Gasteiger partial charge in [0.2, 0.25) is 0 Å². The summed E-state index contributed by atoms with van der Waals surface area (Å²) in [6.45, 7) is 10.8. The Labute approximate surface area is 138 Å². The first kappa shape index (κ1) is 17.5. The molecule has 1 heterocycles. The first-order chi connectivity index (χ1) is 11.0. The van der Waals surface area contributed by atoms with E-state index in [0.29, 0.717) is 19.6 Å². The summed E-state index contributed by atoms with van der Waals surface area (Å²) in [5.74, 6) is 0.147. The summed E-state index contributed by atoms with van der Waals surface area (Å²) < 4.78 is 0. The van der Waals surface area contributed by atoms with E-state index in [9.17, 15) is 9.59 Å². The van der Waals surface area contributed by atoms with Crippen molar-refractivity contribution in [2.24, 2.45) is 0 Å². The van der Waals surface area contributed by atoms with Gasteiger partial charge in [-0.15, -0.1) is 0 Å². The zero-order chi connectivity index (χ0) is 16.8. The van der Waals surface area contributed by atoms with Crippen LogP contribution in [-0.2, 0) is 0 Å². The smallest absolute Gasteiger partial charge is 0.320 e. The molecule has 2 amide bonds. The number of amides is 2. The SMILES string of the molecule is CCN(CC)C(=O)N1CCN(CC(=O)c2ccc(C)cc2)CC1. The molecule has 0 spiro atoms. The summed E-state index contributed by atoms with van der Waals surface area (Å²) in [6, 6.07) is 7.82. The lowest BCUT2D eigenvalue weighted by Gasteiger charge is -2.36. The van der Waals surface area contributed by atoms with E-state index >= 15 is 0 Å². The van der Waals surface area contributed by atoms with E-state index in [0.717, 1.165) is 37.3 Å². The van der Waals surface area contributed by atoms with Crippen LogP contribution in [0.5, 0.6) is 0 Å². The van der Waals surface area contributed by atoms with E-state index in [4.69, 9.17) is 0 Å². The molecule has 23 heavy (non-hydrogen) atoms. The van der Waals surface area contributed by atoms with Crippen LogP contribution in [0, 0.1) is 6.92 Å². The molecule has 0 aliphatic carbocycles. The number of hydrogen-bond donors (Lipinski definition) is 0. The number of benzene rings is 1. The number of aryl methyl sites for hydroxylation is 1. The van der Waals surface area contributed by atoms with Crippen molar-refractivity contribution >= 4 is 11.8 Å². The molecule has 0 radical (unpaired) electrons. The molecule has 1 fully saturated rings. The highest BCUT2D eigenvalue weighted by Crippen LogP contribution is 2.09. The van der Waals surface area contributed by atoms with Gasteiger partial charge in [-0.3, -0.25) is 9.69 Å². The van der Waals surface area contributed by atoms with Gasteiger partial charge in [0.1, 0.15) is 0 Å². The number of Topliss-reactive ketones (excluding diaryl/α,β-unsaturated/α-hetero) is 1. The Morgan fingerprint density at radius 2 is 1.57 bits per heavy atom. The van der Waals surface area contributed by atoms with Crippen LogP contribution in [0.3, 0.4) is 0 Å². The van der Waals surface area contributed by atoms with Crippen molar-refractivity contribution in [2.45, 2.75) is 20.8 Å². The summed E-state index contributed by atoms with van der Waals surface area (Å²) in [5.41, 5.74) is 1.92. The molecule has 0 bridgehead atoms. The molecule has 0 unspecified atom stereocenters. The molecule has 5 nitrogen and oxygen atoms in total. The maximum atomic E-state index is 12.3. The summed E-state index contributed by atoms with van der Waals surface area (Å²) in [6.07, 6.45) is 0. The van der Waals surface area contributed by atoms with Crippen LogP contribution < -0.4 is 0 Å². The van der Waals surface area contributed by atoms with Crippen LogP contribution in [0.25, 0.3) is 0 Å².